The molecule has 2 N–H and O–H groups in total. The fraction of sp³-hybridized carbons (Fsp3) is 0.174. The molecule has 0 heterocycles. The first-order valence-electron chi connectivity index (χ1n) is 9.92. The van der Waals surface area contributed by atoms with Gasteiger partial charge >= 0.3 is 0 Å². The van der Waals surface area contributed by atoms with Crippen molar-refractivity contribution in [2.75, 3.05) is 17.1 Å². The number of rotatable bonds is 9. The molecule has 0 saturated heterocycles. The molecule has 7 nitrogen and oxygen atoms in total. The van der Waals surface area contributed by atoms with Crippen LogP contribution in [0.15, 0.2) is 71.6 Å². The van der Waals surface area contributed by atoms with Gasteiger partial charge in [0.1, 0.15) is 11.5 Å². The van der Waals surface area contributed by atoms with Gasteiger partial charge in [-0.25, -0.2) is 8.42 Å². The summed E-state index contributed by atoms with van der Waals surface area (Å²) in [5.74, 6) is 0.760. The van der Waals surface area contributed by atoms with Crippen molar-refractivity contribution < 1.29 is 22.7 Å². The topological polar surface area (TPSA) is 93.7 Å². The third kappa shape index (κ3) is 6.31. The Morgan fingerprint density at radius 1 is 1.00 bits per heavy atom. The standard InChI is InChI=1S/C23H22Cl2N2O5S/c1-3-21(32-17-7-4-6-16(14-17)31-2)23(28)26-15-10-12-18(13-11-15)33(29,30)27-20-9-5-8-19(24)22(20)25/h4-14,21,27H,3H2,1-2H3,(H,26,28)/t21-/m0/s1. The van der Waals surface area contributed by atoms with Gasteiger partial charge in [-0.2, -0.15) is 0 Å². The zero-order valence-corrected chi connectivity index (χ0v) is 20.2. The minimum absolute atomic E-state index is 0.00351. The number of amides is 1. The summed E-state index contributed by atoms with van der Waals surface area (Å²) in [6.45, 7) is 1.83. The molecule has 0 saturated carbocycles. The van der Waals surface area contributed by atoms with Crippen LogP contribution in [-0.2, 0) is 14.8 Å². The minimum Gasteiger partial charge on any atom is -0.497 e. The molecule has 0 aliphatic heterocycles. The number of halogens is 2. The fourth-order valence-electron chi connectivity index (χ4n) is 2.89. The van der Waals surface area contributed by atoms with E-state index in [9.17, 15) is 13.2 Å². The Bertz CT molecular complexity index is 1230. The minimum atomic E-state index is -3.91. The quantitative estimate of drug-likeness (QED) is 0.392. The van der Waals surface area contributed by atoms with Crippen molar-refractivity contribution in [3.05, 3.63) is 76.8 Å². The lowest BCUT2D eigenvalue weighted by Gasteiger charge is -2.18. The lowest BCUT2D eigenvalue weighted by molar-refractivity contribution is -0.122. The van der Waals surface area contributed by atoms with Crippen LogP contribution in [0.3, 0.4) is 0 Å². The molecular weight excluding hydrogens is 487 g/mol. The predicted molar refractivity (Wildman–Crippen MR) is 130 cm³/mol. The number of ether oxygens (including phenoxy) is 2. The van der Waals surface area contributed by atoms with Crippen LogP contribution >= 0.6 is 23.2 Å². The van der Waals surface area contributed by atoms with Crippen LogP contribution in [0.1, 0.15) is 13.3 Å². The van der Waals surface area contributed by atoms with Crippen molar-refractivity contribution >= 4 is 50.5 Å². The van der Waals surface area contributed by atoms with E-state index in [1.54, 1.807) is 43.5 Å². The Morgan fingerprint density at radius 2 is 1.67 bits per heavy atom. The van der Waals surface area contributed by atoms with E-state index in [-0.39, 0.29) is 26.5 Å². The molecule has 0 bridgehead atoms. The molecule has 3 aromatic rings. The van der Waals surface area contributed by atoms with Crippen LogP contribution < -0.4 is 19.5 Å². The second kappa shape index (κ2) is 10.8. The first-order chi connectivity index (χ1) is 15.7. The summed E-state index contributed by atoms with van der Waals surface area (Å²) in [6.07, 6.45) is -0.313. The molecule has 0 spiro atoms. The van der Waals surface area contributed by atoms with Gasteiger partial charge in [-0.3, -0.25) is 9.52 Å². The van der Waals surface area contributed by atoms with E-state index in [0.29, 0.717) is 23.6 Å². The average Bonchev–Trinajstić information content (AvgIpc) is 2.80. The largest absolute Gasteiger partial charge is 0.497 e. The predicted octanol–water partition coefficient (Wildman–Crippen LogP) is 5.60. The summed E-state index contributed by atoms with van der Waals surface area (Å²) >= 11 is 12.0. The summed E-state index contributed by atoms with van der Waals surface area (Å²) in [5, 5.41) is 3.08. The van der Waals surface area contributed by atoms with Crippen LogP contribution in [0.25, 0.3) is 0 Å². The Kier molecular flexibility index (Phi) is 8.07. The van der Waals surface area contributed by atoms with Gasteiger partial charge in [0.2, 0.25) is 0 Å². The Balaban J connectivity index is 1.68. The lowest BCUT2D eigenvalue weighted by atomic mass is 10.2. The number of hydrogen-bond acceptors (Lipinski definition) is 5. The van der Waals surface area contributed by atoms with Gasteiger partial charge in [-0.1, -0.05) is 42.3 Å². The molecule has 0 radical (unpaired) electrons. The number of anilines is 2. The van der Waals surface area contributed by atoms with Gasteiger partial charge < -0.3 is 14.8 Å². The number of sulfonamides is 1. The lowest BCUT2D eigenvalue weighted by Crippen LogP contribution is -2.32. The molecule has 10 heteroatoms. The molecule has 0 aliphatic rings. The van der Waals surface area contributed by atoms with Crippen LogP contribution in [0, 0.1) is 0 Å². The van der Waals surface area contributed by atoms with Gasteiger partial charge in [0.15, 0.2) is 6.10 Å². The zero-order valence-electron chi connectivity index (χ0n) is 17.8. The number of benzene rings is 3. The van der Waals surface area contributed by atoms with Crippen LogP contribution in [0.4, 0.5) is 11.4 Å². The summed E-state index contributed by atoms with van der Waals surface area (Å²) in [7, 11) is -2.36. The smallest absolute Gasteiger partial charge is 0.265 e. The van der Waals surface area contributed by atoms with Crippen molar-refractivity contribution in [2.45, 2.75) is 24.3 Å². The second-order valence-corrected chi connectivity index (χ2v) is 9.38. The number of carbonyl (C=O) groups is 1. The van der Waals surface area contributed by atoms with Crippen LogP contribution in [0.5, 0.6) is 11.5 Å². The van der Waals surface area contributed by atoms with Crippen LogP contribution in [0.2, 0.25) is 10.0 Å². The van der Waals surface area contributed by atoms with Crippen molar-refractivity contribution in [1.29, 1.82) is 0 Å². The van der Waals surface area contributed by atoms with E-state index in [4.69, 9.17) is 32.7 Å². The third-order valence-electron chi connectivity index (χ3n) is 4.61. The van der Waals surface area contributed by atoms with Gasteiger partial charge in [0.05, 0.1) is 27.7 Å². The molecule has 0 aliphatic carbocycles. The fourth-order valence-corrected chi connectivity index (χ4v) is 4.36. The normalized spacial score (nSPS) is 12.0. The molecule has 0 fully saturated rings. The van der Waals surface area contributed by atoms with E-state index >= 15 is 0 Å². The van der Waals surface area contributed by atoms with E-state index in [1.807, 2.05) is 6.92 Å². The SMILES string of the molecule is CC[C@H](Oc1cccc(OC)c1)C(=O)Nc1ccc(S(=O)(=O)Nc2cccc(Cl)c2Cl)cc1. The highest BCUT2D eigenvalue weighted by molar-refractivity contribution is 7.92. The van der Waals surface area contributed by atoms with Gasteiger partial charge in [0.25, 0.3) is 15.9 Å². The first kappa shape index (κ1) is 24.7. The van der Waals surface area contributed by atoms with E-state index < -0.39 is 16.1 Å². The number of carbonyl (C=O) groups excluding carboxylic acids is 1. The van der Waals surface area contributed by atoms with E-state index in [1.165, 1.54) is 30.3 Å². The molecule has 3 aromatic carbocycles. The summed E-state index contributed by atoms with van der Waals surface area (Å²) in [5.41, 5.74) is 0.592. The van der Waals surface area contributed by atoms with Gasteiger partial charge in [-0.15, -0.1) is 0 Å². The van der Waals surface area contributed by atoms with Crippen molar-refractivity contribution in [2.24, 2.45) is 0 Å². The van der Waals surface area contributed by atoms with Gasteiger partial charge in [-0.05, 0) is 55.0 Å². The van der Waals surface area contributed by atoms with E-state index in [0.717, 1.165) is 0 Å². The Morgan fingerprint density at radius 3 is 2.33 bits per heavy atom. The average molecular weight is 509 g/mol. The molecule has 0 unspecified atom stereocenters. The molecular formula is C23H22Cl2N2O5S. The first-order valence-corrected chi connectivity index (χ1v) is 12.2. The van der Waals surface area contributed by atoms with E-state index in [2.05, 4.69) is 10.0 Å². The monoisotopic (exact) mass is 508 g/mol. The Hall–Kier alpha value is -2.94. The highest BCUT2D eigenvalue weighted by Gasteiger charge is 2.20. The molecule has 0 aromatic heterocycles. The molecule has 1 atom stereocenters. The van der Waals surface area contributed by atoms with Crippen LogP contribution in [-0.4, -0.2) is 27.5 Å². The Labute approximate surface area is 202 Å². The highest BCUT2D eigenvalue weighted by atomic mass is 35.5. The number of nitrogens with one attached hydrogen (secondary N) is 2. The maximum atomic E-state index is 12.7. The molecule has 174 valence electrons. The number of methoxy groups -OCH3 is 1. The third-order valence-corrected chi connectivity index (χ3v) is 6.81. The summed E-state index contributed by atoms with van der Waals surface area (Å²) < 4.78 is 38.7. The van der Waals surface area contributed by atoms with Crippen molar-refractivity contribution in [3.63, 3.8) is 0 Å². The summed E-state index contributed by atoms with van der Waals surface area (Å²) in [4.78, 5) is 12.7. The maximum Gasteiger partial charge on any atom is 0.265 e. The number of hydrogen-bond donors (Lipinski definition) is 2. The summed E-state index contributed by atoms with van der Waals surface area (Å²) in [6, 6.07) is 17.3. The van der Waals surface area contributed by atoms with Gasteiger partial charge in [0, 0.05) is 11.8 Å². The molecule has 33 heavy (non-hydrogen) atoms. The van der Waals surface area contributed by atoms with Crippen molar-refractivity contribution in [3.8, 4) is 11.5 Å². The molecule has 1 amide bonds. The highest BCUT2D eigenvalue weighted by Crippen LogP contribution is 2.31. The molecule has 3 rings (SSSR count). The maximum absolute atomic E-state index is 12.7. The second-order valence-electron chi connectivity index (χ2n) is 6.91. The zero-order chi connectivity index (χ0) is 24.0. The van der Waals surface area contributed by atoms with Crippen molar-refractivity contribution in [1.82, 2.24) is 0 Å².